The topological polar surface area (TPSA) is 41.1 Å². The van der Waals surface area contributed by atoms with Crippen LogP contribution in [-0.4, -0.2) is 29.0 Å². The third kappa shape index (κ3) is 3.56. The first-order valence-electron chi connectivity index (χ1n) is 6.86. The maximum absolute atomic E-state index is 4.45. The number of pyridine rings is 2. The maximum Gasteiger partial charge on any atom is 0.126 e. The molecular weight excluding hydrogens is 280 g/mol. The first-order chi connectivity index (χ1) is 10.2. The van der Waals surface area contributed by atoms with Crippen LogP contribution < -0.4 is 5.32 Å². The average molecular weight is 298 g/mol. The summed E-state index contributed by atoms with van der Waals surface area (Å²) >= 11 is 1.72. The highest BCUT2D eigenvalue weighted by molar-refractivity contribution is 7.17. The highest BCUT2D eigenvalue weighted by atomic mass is 32.1. The van der Waals surface area contributed by atoms with Crippen LogP contribution in [0.25, 0.3) is 10.2 Å². The number of aromatic nitrogens is 2. The Bertz CT molecular complexity index is 736. The van der Waals surface area contributed by atoms with Crippen molar-refractivity contribution in [3.8, 4) is 0 Å². The summed E-state index contributed by atoms with van der Waals surface area (Å²) < 4.78 is 1.23. The van der Waals surface area contributed by atoms with Crippen LogP contribution in [0.5, 0.6) is 0 Å². The smallest absolute Gasteiger partial charge is 0.126 e. The molecule has 3 rings (SSSR count). The summed E-state index contributed by atoms with van der Waals surface area (Å²) in [6, 6.07) is 8.37. The quantitative estimate of drug-likeness (QED) is 0.784. The molecule has 0 fully saturated rings. The van der Waals surface area contributed by atoms with Crippen LogP contribution in [0.4, 0.5) is 5.82 Å². The van der Waals surface area contributed by atoms with E-state index in [1.807, 2.05) is 24.5 Å². The van der Waals surface area contributed by atoms with Crippen molar-refractivity contribution in [3.63, 3.8) is 0 Å². The third-order valence-corrected chi connectivity index (χ3v) is 4.01. The zero-order valence-electron chi connectivity index (χ0n) is 12.2. The Morgan fingerprint density at radius 3 is 2.90 bits per heavy atom. The Kier molecular flexibility index (Phi) is 4.13. The van der Waals surface area contributed by atoms with E-state index in [2.05, 4.69) is 51.8 Å². The van der Waals surface area contributed by atoms with Gasteiger partial charge in [0.2, 0.25) is 0 Å². The minimum atomic E-state index is 0.735. The molecule has 0 aromatic carbocycles. The summed E-state index contributed by atoms with van der Waals surface area (Å²) in [5.74, 6) is 0.903. The lowest BCUT2D eigenvalue weighted by molar-refractivity contribution is 0.402. The fraction of sp³-hybridized carbons (Fsp3) is 0.250. The fourth-order valence-corrected chi connectivity index (χ4v) is 3.02. The average Bonchev–Trinajstić information content (AvgIpc) is 2.92. The minimum Gasteiger partial charge on any atom is -0.366 e. The summed E-state index contributed by atoms with van der Waals surface area (Å²) in [5, 5.41) is 5.44. The number of nitrogens with one attached hydrogen (secondary N) is 1. The lowest BCUT2D eigenvalue weighted by atomic mass is 10.2. The van der Waals surface area contributed by atoms with Crippen molar-refractivity contribution in [1.29, 1.82) is 0 Å². The normalized spacial score (nSPS) is 11.2. The van der Waals surface area contributed by atoms with E-state index in [-0.39, 0.29) is 0 Å². The Morgan fingerprint density at radius 2 is 2.05 bits per heavy atom. The minimum absolute atomic E-state index is 0.735. The van der Waals surface area contributed by atoms with Crippen molar-refractivity contribution < 1.29 is 0 Å². The molecule has 1 N–H and O–H groups in total. The van der Waals surface area contributed by atoms with Gasteiger partial charge in [0, 0.05) is 25.5 Å². The molecule has 108 valence electrons. The SMILES string of the molecule is CN(C)Cc1ccnc(NCc2cnc3ccsc3c2)c1. The number of thiophene rings is 1. The monoisotopic (exact) mass is 298 g/mol. The van der Waals surface area contributed by atoms with Gasteiger partial charge >= 0.3 is 0 Å². The van der Waals surface area contributed by atoms with Gasteiger partial charge in [-0.25, -0.2) is 4.98 Å². The largest absolute Gasteiger partial charge is 0.366 e. The van der Waals surface area contributed by atoms with Crippen LogP contribution in [0.1, 0.15) is 11.1 Å². The molecule has 5 heteroatoms. The summed E-state index contributed by atoms with van der Waals surface area (Å²) in [7, 11) is 4.13. The molecule has 3 aromatic heterocycles. The number of anilines is 1. The number of nitrogens with zero attached hydrogens (tertiary/aromatic N) is 3. The second kappa shape index (κ2) is 6.20. The molecule has 4 nitrogen and oxygen atoms in total. The van der Waals surface area contributed by atoms with Gasteiger partial charge in [-0.15, -0.1) is 11.3 Å². The molecule has 0 amide bonds. The van der Waals surface area contributed by atoms with Crippen molar-refractivity contribution in [2.75, 3.05) is 19.4 Å². The molecule has 0 bridgehead atoms. The molecule has 0 aliphatic carbocycles. The first kappa shape index (κ1) is 14.0. The molecule has 0 atom stereocenters. The molecule has 0 saturated heterocycles. The molecule has 3 aromatic rings. The van der Waals surface area contributed by atoms with E-state index >= 15 is 0 Å². The van der Waals surface area contributed by atoms with Gasteiger partial charge in [0.25, 0.3) is 0 Å². The molecule has 0 spiro atoms. The van der Waals surface area contributed by atoms with Gasteiger partial charge in [-0.05, 0) is 54.9 Å². The lowest BCUT2D eigenvalue weighted by Gasteiger charge is -2.11. The van der Waals surface area contributed by atoms with E-state index in [1.165, 1.54) is 15.8 Å². The van der Waals surface area contributed by atoms with Gasteiger partial charge in [-0.3, -0.25) is 4.98 Å². The summed E-state index contributed by atoms with van der Waals surface area (Å²) in [6.07, 6.45) is 3.77. The summed E-state index contributed by atoms with van der Waals surface area (Å²) in [6.45, 7) is 1.65. The Morgan fingerprint density at radius 1 is 1.14 bits per heavy atom. The van der Waals surface area contributed by atoms with E-state index in [4.69, 9.17) is 0 Å². The van der Waals surface area contributed by atoms with Gasteiger partial charge in [0.05, 0.1) is 10.2 Å². The van der Waals surface area contributed by atoms with Gasteiger partial charge in [0.1, 0.15) is 5.82 Å². The van der Waals surface area contributed by atoms with Gasteiger partial charge in [-0.1, -0.05) is 0 Å². The van der Waals surface area contributed by atoms with E-state index in [9.17, 15) is 0 Å². The van der Waals surface area contributed by atoms with Crippen molar-refractivity contribution >= 4 is 27.4 Å². The molecule has 0 saturated carbocycles. The first-order valence-corrected chi connectivity index (χ1v) is 7.74. The van der Waals surface area contributed by atoms with Gasteiger partial charge < -0.3 is 10.2 Å². The fourth-order valence-electron chi connectivity index (χ4n) is 2.21. The Hall–Kier alpha value is -1.98. The zero-order chi connectivity index (χ0) is 14.7. The highest BCUT2D eigenvalue weighted by Gasteiger charge is 2.01. The Labute approximate surface area is 128 Å². The molecule has 0 aliphatic heterocycles. The third-order valence-electron chi connectivity index (χ3n) is 3.16. The standard InChI is InChI=1S/C16H18N4S/c1-20(2)11-12-3-5-17-16(8-12)19-10-13-7-15-14(18-9-13)4-6-21-15/h3-9H,10-11H2,1-2H3,(H,17,19). The number of hydrogen-bond donors (Lipinski definition) is 1. The van der Waals surface area contributed by atoms with E-state index in [1.54, 1.807) is 11.3 Å². The molecular formula is C16H18N4S. The zero-order valence-corrected chi connectivity index (χ0v) is 13.0. The van der Waals surface area contributed by atoms with Gasteiger partial charge in [-0.2, -0.15) is 0 Å². The van der Waals surface area contributed by atoms with Crippen molar-refractivity contribution in [1.82, 2.24) is 14.9 Å². The van der Waals surface area contributed by atoms with E-state index < -0.39 is 0 Å². The summed E-state index contributed by atoms with van der Waals surface area (Å²) in [5.41, 5.74) is 3.49. The number of rotatable bonds is 5. The molecule has 0 aliphatic rings. The van der Waals surface area contributed by atoms with Crippen molar-refractivity contribution in [2.45, 2.75) is 13.1 Å². The van der Waals surface area contributed by atoms with Crippen LogP contribution in [0.2, 0.25) is 0 Å². The van der Waals surface area contributed by atoms with Crippen molar-refractivity contribution in [2.24, 2.45) is 0 Å². The second-order valence-electron chi connectivity index (χ2n) is 5.29. The molecule has 0 radical (unpaired) electrons. The van der Waals surface area contributed by atoms with Crippen molar-refractivity contribution in [3.05, 3.63) is 53.2 Å². The van der Waals surface area contributed by atoms with Crippen LogP contribution in [0.15, 0.2) is 42.0 Å². The number of hydrogen-bond acceptors (Lipinski definition) is 5. The second-order valence-corrected chi connectivity index (χ2v) is 6.24. The van der Waals surface area contributed by atoms with E-state index in [0.717, 1.165) is 24.4 Å². The van der Waals surface area contributed by atoms with Crippen LogP contribution in [0, 0.1) is 0 Å². The molecule has 3 heterocycles. The van der Waals surface area contributed by atoms with Crippen LogP contribution in [0.3, 0.4) is 0 Å². The van der Waals surface area contributed by atoms with Crippen LogP contribution >= 0.6 is 11.3 Å². The maximum atomic E-state index is 4.45. The summed E-state index contributed by atoms with van der Waals surface area (Å²) in [4.78, 5) is 11.0. The number of fused-ring (bicyclic) bond motifs is 1. The Balaban J connectivity index is 1.69. The predicted molar refractivity (Wildman–Crippen MR) is 88.6 cm³/mol. The molecule has 21 heavy (non-hydrogen) atoms. The predicted octanol–water partition coefficient (Wildman–Crippen LogP) is 3.37. The lowest BCUT2D eigenvalue weighted by Crippen LogP contribution is -2.11. The molecule has 0 unspecified atom stereocenters. The van der Waals surface area contributed by atoms with Gasteiger partial charge in [0.15, 0.2) is 0 Å². The highest BCUT2D eigenvalue weighted by Crippen LogP contribution is 2.20. The van der Waals surface area contributed by atoms with Crippen LogP contribution in [-0.2, 0) is 13.1 Å². The van der Waals surface area contributed by atoms with E-state index in [0.29, 0.717) is 0 Å².